The molecule has 2 atom stereocenters. The van der Waals surface area contributed by atoms with E-state index in [0.29, 0.717) is 27.8 Å². The molecule has 0 heterocycles. The highest BCUT2D eigenvalue weighted by molar-refractivity contribution is 6.36. The summed E-state index contributed by atoms with van der Waals surface area (Å²) in [7, 11) is 0. The summed E-state index contributed by atoms with van der Waals surface area (Å²) in [6.45, 7) is 5.73. The standard InChI is InChI=1S/C29H32Cl2N2O3/c1-4-21(3)32-29(35)27(17-22-11-6-5-7-12-22)33(18-24-25(30)14-9-15-26(24)31)28(34)19-36-23-13-8-10-20(2)16-23/h5-16,21,27H,4,17-19H2,1-3H3,(H,32,35)/t21-,27+/m1/s1. The summed E-state index contributed by atoms with van der Waals surface area (Å²) in [6.07, 6.45) is 1.10. The topological polar surface area (TPSA) is 58.6 Å². The lowest BCUT2D eigenvalue weighted by atomic mass is 10.0. The second kappa shape index (κ2) is 13.3. The largest absolute Gasteiger partial charge is 0.484 e. The number of rotatable bonds is 11. The molecule has 3 aromatic carbocycles. The van der Waals surface area contributed by atoms with Crippen LogP contribution in [-0.2, 0) is 22.6 Å². The second-order valence-electron chi connectivity index (χ2n) is 8.85. The molecule has 1 N–H and O–H groups in total. The number of nitrogens with zero attached hydrogens (tertiary/aromatic N) is 1. The fourth-order valence-corrected chi connectivity index (χ4v) is 4.30. The van der Waals surface area contributed by atoms with Crippen molar-refractivity contribution in [3.8, 4) is 5.75 Å². The zero-order valence-corrected chi connectivity index (χ0v) is 22.4. The summed E-state index contributed by atoms with van der Waals surface area (Å²) in [6, 6.07) is 21.5. The number of carbonyl (C=O) groups is 2. The van der Waals surface area contributed by atoms with Crippen LogP contribution in [0.3, 0.4) is 0 Å². The Labute approximate surface area is 223 Å². The number of ether oxygens (including phenoxy) is 1. The van der Waals surface area contributed by atoms with Crippen molar-refractivity contribution in [1.29, 1.82) is 0 Å². The predicted molar refractivity (Wildman–Crippen MR) is 146 cm³/mol. The zero-order chi connectivity index (χ0) is 26.1. The Kier molecular flexibility index (Phi) is 10.2. The Bertz CT molecular complexity index is 1150. The van der Waals surface area contributed by atoms with Gasteiger partial charge in [0.15, 0.2) is 6.61 Å². The smallest absolute Gasteiger partial charge is 0.261 e. The van der Waals surface area contributed by atoms with Crippen molar-refractivity contribution in [3.63, 3.8) is 0 Å². The van der Waals surface area contributed by atoms with Crippen molar-refractivity contribution in [3.05, 3.63) is 99.5 Å². The van der Waals surface area contributed by atoms with E-state index in [1.165, 1.54) is 4.90 Å². The third kappa shape index (κ3) is 7.74. The number of carbonyl (C=O) groups excluding carboxylic acids is 2. The Morgan fingerprint density at radius 1 is 0.972 bits per heavy atom. The van der Waals surface area contributed by atoms with Gasteiger partial charge in [0.05, 0.1) is 0 Å². The van der Waals surface area contributed by atoms with Crippen LogP contribution < -0.4 is 10.1 Å². The highest BCUT2D eigenvalue weighted by Crippen LogP contribution is 2.27. The molecule has 0 aromatic heterocycles. The molecule has 0 spiro atoms. The number of hydrogen-bond acceptors (Lipinski definition) is 3. The second-order valence-corrected chi connectivity index (χ2v) is 9.66. The van der Waals surface area contributed by atoms with Crippen LogP contribution in [0.2, 0.25) is 10.0 Å². The van der Waals surface area contributed by atoms with Crippen molar-refractivity contribution >= 4 is 35.0 Å². The first-order chi connectivity index (χ1) is 17.3. The van der Waals surface area contributed by atoms with Crippen LogP contribution in [0.15, 0.2) is 72.8 Å². The molecular weight excluding hydrogens is 495 g/mol. The molecule has 7 heteroatoms. The van der Waals surface area contributed by atoms with Gasteiger partial charge in [-0.15, -0.1) is 0 Å². The average Bonchev–Trinajstić information content (AvgIpc) is 2.86. The molecule has 0 aliphatic carbocycles. The highest BCUT2D eigenvalue weighted by atomic mass is 35.5. The van der Waals surface area contributed by atoms with Crippen LogP contribution in [0.25, 0.3) is 0 Å². The maximum absolute atomic E-state index is 13.7. The lowest BCUT2D eigenvalue weighted by Gasteiger charge is -2.32. The first kappa shape index (κ1) is 27.6. The van der Waals surface area contributed by atoms with Gasteiger partial charge in [-0.05, 0) is 55.7 Å². The van der Waals surface area contributed by atoms with Crippen molar-refractivity contribution in [2.45, 2.75) is 52.2 Å². The molecule has 0 bridgehead atoms. The predicted octanol–water partition coefficient (Wildman–Crippen LogP) is 6.24. The normalized spacial score (nSPS) is 12.5. The number of aryl methyl sites for hydroxylation is 1. The van der Waals surface area contributed by atoms with E-state index in [4.69, 9.17) is 27.9 Å². The van der Waals surface area contributed by atoms with E-state index in [-0.39, 0.29) is 31.0 Å². The lowest BCUT2D eigenvalue weighted by Crippen LogP contribution is -2.53. The molecule has 3 rings (SSSR count). The Hall–Kier alpha value is -3.02. The lowest BCUT2D eigenvalue weighted by molar-refractivity contribution is -0.143. The molecule has 190 valence electrons. The van der Waals surface area contributed by atoms with Crippen LogP contribution in [0, 0.1) is 6.92 Å². The van der Waals surface area contributed by atoms with Gasteiger partial charge in [-0.3, -0.25) is 9.59 Å². The van der Waals surface area contributed by atoms with Gasteiger partial charge in [0, 0.05) is 34.6 Å². The summed E-state index contributed by atoms with van der Waals surface area (Å²) in [4.78, 5) is 28.7. The van der Waals surface area contributed by atoms with E-state index in [1.54, 1.807) is 24.3 Å². The molecule has 0 saturated carbocycles. The highest BCUT2D eigenvalue weighted by Gasteiger charge is 2.32. The van der Waals surface area contributed by atoms with E-state index < -0.39 is 6.04 Å². The Balaban J connectivity index is 1.96. The van der Waals surface area contributed by atoms with Crippen LogP contribution >= 0.6 is 23.2 Å². The van der Waals surface area contributed by atoms with Crippen LogP contribution in [0.4, 0.5) is 0 Å². The van der Waals surface area contributed by atoms with E-state index in [9.17, 15) is 9.59 Å². The number of nitrogens with one attached hydrogen (secondary N) is 1. The SMILES string of the molecule is CC[C@@H](C)NC(=O)[C@H](Cc1ccccc1)N(Cc1c(Cl)cccc1Cl)C(=O)COc1cccc(C)c1. The van der Waals surface area contributed by atoms with Gasteiger partial charge in [-0.25, -0.2) is 0 Å². The number of halogens is 2. The van der Waals surface area contributed by atoms with Crippen LogP contribution in [0.5, 0.6) is 5.75 Å². The minimum absolute atomic E-state index is 0.0415. The minimum atomic E-state index is -0.789. The van der Waals surface area contributed by atoms with Crippen molar-refractivity contribution in [2.75, 3.05) is 6.61 Å². The molecular formula is C29H32Cl2N2O3. The number of benzene rings is 3. The molecule has 0 saturated heterocycles. The summed E-state index contributed by atoms with van der Waals surface area (Å²) in [5.74, 6) is 0.00996. The Morgan fingerprint density at radius 3 is 2.28 bits per heavy atom. The average molecular weight is 527 g/mol. The molecule has 0 aliphatic rings. The van der Waals surface area contributed by atoms with Crippen LogP contribution in [0.1, 0.15) is 37.0 Å². The summed E-state index contributed by atoms with van der Waals surface area (Å²) in [5, 5.41) is 3.90. The first-order valence-corrected chi connectivity index (χ1v) is 12.8. The third-order valence-corrected chi connectivity index (χ3v) is 6.72. The van der Waals surface area contributed by atoms with E-state index in [0.717, 1.165) is 17.5 Å². The number of hydrogen-bond donors (Lipinski definition) is 1. The maximum Gasteiger partial charge on any atom is 0.261 e. The van der Waals surface area contributed by atoms with Gasteiger partial charge in [0.25, 0.3) is 5.91 Å². The third-order valence-electron chi connectivity index (χ3n) is 6.01. The monoisotopic (exact) mass is 526 g/mol. The minimum Gasteiger partial charge on any atom is -0.484 e. The van der Waals surface area contributed by atoms with E-state index >= 15 is 0 Å². The van der Waals surface area contributed by atoms with E-state index in [1.807, 2.05) is 69.3 Å². The fraction of sp³-hybridized carbons (Fsp3) is 0.310. The summed E-state index contributed by atoms with van der Waals surface area (Å²) >= 11 is 12.9. The quantitative estimate of drug-likeness (QED) is 0.322. The zero-order valence-electron chi connectivity index (χ0n) is 20.8. The summed E-state index contributed by atoms with van der Waals surface area (Å²) < 4.78 is 5.82. The van der Waals surface area contributed by atoms with Crippen molar-refractivity contribution in [1.82, 2.24) is 10.2 Å². The molecule has 5 nitrogen and oxygen atoms in total. The molecule has 0 unspecified atom stereocenters. The van der Waals surface area contributed by atoms with Gasteiger partial charge in [0.1, 0.15) is 11.8 Å². The Morgan fingerprint density at radius 2 is 1.64 bits per heavy atom. The molecule has 2 amide bonds. The number of amides is 2. The van der Waals surface area contributed by atoms with E-state index in [2.05, 4.69) is 5.32 Å². The van der Waals surface area contributed by atoms with Gasteiger partial charge in [0.2, 0.25) is 5.91 Å². The maximum atomic E-state index is 13.7. The van der Waals surface area contributed by atoms with Gasteiger partial charge < -0.3 is 15.0 Å². The molecule has 0 fully saturated rings. The van der Waals surface area contributed by atoms with Crippen LogP contribution in [-0.4, -0.2) is 35.4 Å². The molecule has 0 aliphatic heterocycles. The summed E-state index contributed by atoms with van der Waals surface area (Å²) in [5.41, 5.74) is 2.54. The van der Waals surface area contributed by atoms with Gasteiger partial charge >= 0.3 is 0 Å². The van der Waals surface area contributed by atoms with Crippen molar-refractivity contribution in [2.24, 2.45) is 0 Å². The molecule has 36 heavy (non-hydrogen) atoms. The van der Waals surface area contributed by atoms with Gasteiger partial charge in [-0.2, -0.15) is 0 Å². The van der Waals surface area contributed by atoms with Crippen molar-refractivity contribution < 1.29 is 14.3 Å². The first-order valence-electron chi connectivity index (χ1n) is 12.0. The van der Waals surface area contributed by atoms with Gasteiger partial charge in [-0.1, -0.05) is 78.7 Å². The molecule has 3 aromatic rings. The molecule has 0 radical (unpaired) electrons. The fourth-order valence-electron chi connectivity index (χ4n) is 3.78.